The van der Waals surface area contributed by atoms with Gasteiger partial charge in [-0.15, -0.1) is 11.3 Å². The summed E-state index contributed by atoms with van der Waals surface area (Å²) in [5.41, 5.74) is 6.43. The number of aromatic amines is 2. The van der Waals surface area contributed by atoms with Crippen molar-refractivity contribution in [2.45, 2.75) is 0 Å². The highest BCUT2D eigenvalue weighted by Gasteiger charge is 2.15. The summed E-state index contributed by atoms with van der Waals surface area (Å²) >= 11 is 1.15. The van der Waals surface area contributed by atoms with E-state index in [9.17, 15) is 4.39 Å². The third kappa shape index (κ3) is 2.71. The molecule has 5 nitrogen and oxygen atoms in total. The van der Waals surface area contributed by atoms with Crippen LogP contribution in [0.5, 0.6) is 0 Å². The predicted molar refractivity (Wildman–Crippen MR) is 118 cm³/mol. The Kier molecular flexibility index (Phi) is 3.75. The number of thiophene rings is 1. The topological polar surface area (TPSA) is 70.2 Å². The van der Waals surface area contributed by atoms with Crippen molar-refractivity contribution in [2.75, 3.05) is 0 Å². The molecule has 0 atom stereocenters. The molecule has 5 aromatic heterocycles. The summed E-state index contributed by atoms with van der Waals surface area (Å²) in [5, 5.41) is 9.30. The molecule has 6 rings (SSSR count). The number of nitrogens with one attached hydrogen (secondary N) is 2. The van der Waals surface area contributed by atoms with E-state index in [1.54, 1.807) is 12.4 Å². The maximum absolute atomic E-state index is 13.6. The quantitative estimate of drug-likeness (QED) is 0.373. The summed E-state index contributed by atoms with van der Waals surface area (Å²) in [6, 6.07) is 17.4. The molecule has 0 saturated heterocycles. The van der Waals surface area contributed by atoms with Gasteiger partial charge in [-0.3, -0.25) is 10.1 Å². The van der Waals surface area contributed by atoms with Gasteiger partial charge in [0.2, 0.25) is 0 Å². The van der Waals surface area contributed by atoms with Gasteiger partial charge in [-0.2, -0.15) is 9.49 Å². The Labute approximate surface area is 174 Å². The molecule has 7 heteroatoms. The molecule has 0 bridgehead atoms. The molecule has 1 aromatic carbocycles. The maximum atomic E-state index is 13.6. The van der Waals surface area contributed by atoms with Crippen molar-refractivity contribution in [3.05, 3.63) is 78.3 Å². The van der Waals surface area contributed by atoms with E-state index in [0.717, 1.165) is 66.2 Å². The van der Waals surface area contributed by atoms with Crippen LogP contribution in [0.3, 0.4) is 0 Å². The van der Waals surface area contributed by atoms with Gasteiger partial charge in [0.25, 0.3) is 0 Å². The molecule has 0 saturated carbocycles. The van der Waals surface area contributed by atoms with E-state index >= 15 is 0 Å². The molecule has 5 heterocycles. The number of hydrogen-bond donors (Lipinski definition) is 2. The fourth-order valence-electron chi connectivity index (χ4n) is 3.77. The lowest BCUT2D eigenvalue weighted by Gasteiger charge is -2.01. The number of rotatable bonds is 3. The molecule has 0 fully saturated rings. The van der Waals surface area contributed by atoms with E-state index in [1.165, 1.54) is 6.07 Å². The Morgan fingerprint density at radius 1 is 0.900 bits per heavy atom. The largest absolute Gasteiger partial charge is 0.353 e. The molecule has 0 aliphatic rings. The molecule has 2 N–H and O–H groups in total. The van der Waals surface area contributed by atoms with E-state index in [0.29, 0.717) is 0 Å². The molecular formula is C23H14FN5S. The van der Waals surface area contributed by atoms with Gasteiger partial charge in [0, 0.05) is 50.9 Å². The molecule has 0 amide bonds. The Morgan fingerprint density at radius 3 is 2.63 bits per heavy atom. The van der Waals surface area contributed by atoms with Crippen LogP contribution in [0.2, 0.25) is 0 Å². The lowest BCUT2D eigenvalue weighted by atomic mass is 10.1. The second kappa shape index (κ2) is 6.60. The number of aromatic nitrogens is 5. The highest BCUT2D eigenvalue weighted by Crippen LogP contribution is 2.36. The summed E-state index contributed by atoms with van der Waals surface area (Å²) in [6.45, 7) is 0. The molecule has 0 unspecified atom stereocenters. The van der Waals surface area contributed by atoms with Crippen molar-refractivity contribution < 1.29 is 4.39 Å². The summed E-state index contributed by atoms with van der Waals surface area (Å²) in [6.07, 6.45) is 5.36. The zero-order chi connectivity index (χ0) is 20.1. The van der Waals surface area contributed by atoms with Crippen molar-refractivity contribution >= 4 is 33.3 Å². The van der Waals surface area contributed by atoms with Crippen LogP contribution in [0.25, 0.3) is 54.9 Å². The minimum Gasteiger partial charge on any atom is -0.353 e. The average Bonchev–Trinajstić information content (AvgIpc) is 3.51. The molecule has 6 aromatic rings. The van der Waals surface area contributed by atoms with Crippen LogP contribution in [0.15, 0.2) is 73.2 Å². The Bertz CT molecular complexity index is 1510. The standard InChI is InChI=1S/C23H14FN5S/c24-21-5-4-20(30-21)15-2-1-3-18-16(15)11-19(27-18)22-17-10-14(12-26-23(17)29-28-22)13-6-8-25-9-7-13/h1-12,27H,(H,26,28,29). The molecule has 144 valence electrons. The maximum Gasteiger partial charge on any atom is 0.176 e. The van der Waals surface area contributed by atoms with Crippen molar-refractivity contribution in [3.63, 3.8) is 0 Å². The van der Waals surface area contributed by atoms with Gasteiger partial charge >= 0.3 is 0 Å². The SMILES string of the molecule is Fc1ccc(-c2cccc3[nH]c(-c4n[nH]c5ncc(-c6ccncc6)cc45)cc23)s1. The number of pyridine rings is 2. The van der Waals surface area contributed by atoms with E-state index in [1.807, 2.05) is 42.6 Å². The first kappa shape index (κ1) is 17.1. The molecule has 0 aliphatic heterocycles. The highest BCUT2D eigenvalue weighted by atomic mass is 32.1. The normalized spacial score (nSPS) is 11.5. The van der Waals surface area contributed by atoms with Crippen LogP contribution in [0.1, 0.15) is 0 Å². The van der Waals surface area contributed by atoms with Crippen LogP contribution < -0.4 is 0 Å². The predicted octanol–water partition coefficient (Wildman–Crippen LogP) is 6.04. The van der Waals surface area contributed by atoms with Gasteiger partial charge < -0.3 is 4.98 Å². The lowest BCUT2D eigenvalue weighted by Crippen LogP contribution is -1.83. The second-order valence-corrected chi connectivity index (χ2v) is 8.02. The first-order valence-electron chi connectivity index (χ1n) is 9.38. The van der Waals surface area contributed by atoms with E-state index in [2.05, 4.69) is 37.3 Å². The monoisotopic (exact) mass is 411 g/mol. The average molecular weight is 411 g/mol. The molecule has 30 heavy (non-hydrogen) atoms. The number of fused-ring (bicyclic) bond motifs is 2. The first-order chi connectivity index (χ1) is 14.8. The van der Waals surface area contributed by atoms with Crippen molar-refractivity contribution in [2.24, 2.45) is 0 Å². The highest BCUT2D eigenvalue weighted by molar-refractivity contribution is 7.14. The Balaban J connectivity index is 1.52. The molecule has 0 radical (unpaired) electrons. The van der Waals surface area contributed by atoms with Gasteiger partial charge in [0.05, 0.1) is 5.69 Å². The van der Waals surface area contributed by atoms with Crippen molar-refractivity contribution in [1.29, 1.82) is 0 Å². The summed E-state index contributed by atoms with van der Waals surface area (Å²) in [4.78, 5) is 13.0. The summed E-state index contributed by atoms with van der Waals surface area (Å²) < 4.78 is 13.6. The van der Waals surface area contributed by atoms with Crippen LogP contribution >= 0.6 is 11.3 Å². The van der Waals surface area contributed by atoms with Crippen LogP contribution in [0.4, 0.5) is 4.39 Å². The lowest BCUT2D eigenvalue weighted by molar-refractivity contribution is 0.657. The minimum atomic E-state index is -0.189. The smallest absolute Gasteiger partial charge is 0.176 e. The van der Waals surface area contributed by atoms with E-state index in [-0.39, 0.29) is 5.13 Å². The van der Waals surface area contributed by atoms with Crippen LogP contribution in [-0.4, -0.2) is 25.1 Å². The van der Waals surface area contributed by atoms with Gasteiger partial charge in [-0.1, -0.05) is 12.1 Å². The second-order valence-electron chi connectivity index (χ2n) is 6.98. The first-order valence-corrected chi connectivity index (χ1v) is 10.2. The third-order valence-electron chi connectivity index (χ3n) is 5.19. The van der Waals surface area contributed by atoms with Crippen LogP contribution in [0, 0.1) is 5.13 Å². The fraction of sp³-hybridized carbons (Fsp3) is 0. The van der Waals surface area contributed by atoms with Gasteiger partial charge in [0.15, 0.2) is 10.8 Å². The number of nitrogens with zero attached hydrogens (tertiary/aromatic N) is 3. The van der Waals surface area contributed by atoms with E-state index in [4.69, 9.17) is 0 Å². The Hall–Kier alpha value is -3.84. The fourth-order valence-corrected chi connectivity index (χ4v) is 4.54. The van der Waals surface area contributed by atoms with Crippen LogP contribution in [-0.2, 0) is 0 Å². The van der Waals surface area contributed by atoms with Crippen molar-refractivity contribution in [3.8, 4) is 33.0 Å². The summed E-state index contributed by atoms with van der Waals surface area (Å²) in [7, 11) is 0. The van der Waals surface area contributed by atoms with Gasteiger partial charge in [-0.25, -0.2) is 4.98 Å². The zero-order valence-electron chi connectivity index (χ0n) is 15.6. The minimum absolute atomic E-state index is 0.189. The number of hydrogen-bond acceptors (Lipinski definition) is 4. The van der Waals surface area contributed by atoms with E-state index < -0.39 is 0 Å². The van der Waals surface area contributed by atoms with Gasteiger partial charge in [-0.05, 0) is 48.0 Å². The number of H-pyrrole nitrogens is 2. The summed E-state index contributed by atoms with van der Waals surface area (Å²) in [5.74, 6) is 0. The van der Waals surface area contributed by atoms with Gasteiger partial charge in [0.1, 0.15) is 5.69 Å². The Morgan fingerprint density at radius 2 is 1.80 bits per heavy atom. The molecule has 0 spiro atoms. The molecular weight excluding hydrogens is 397 g/mol. The number of halogens is 1. The van der Waals surface area contributed by atoms with Crippen molar-refractivity contribution in [1.82, 2.24) is 25.1 Å². The molecule has 0 aliphatic carbocycles. The zero-order valence-corrected chi connectivity index (χ0v) is 16.4. The third-order valence-corrected chi connectivity index (χ3v) is 6.09. The number of benzene rings is 1.